The van der Waals surface area contributed by atoms with E-state index in [1.54, 1.807) is 16.2 Å². The van der Waals surface area contributed by atoms with Gasteiger partial charge in [0.15, 0.2) is 0 Å². The summed E-state index contributed by atoms with van der Waals surface area (Å²) in [6, 6.07) is 3.75. The molecule has 124 valence electrons. The predicted octanol–water partition coefficient (Wildman–Crippen LogP) is 1.01. The van der Waals surface area contributed by atoms with Crippen LogP contribution in [0, 0.1) is 5.92 Å². The number of carboxylic acids is 1. The van der Waals surface area contributed by atoms with E-state index in [0.29, 0.717) is 32.5 Å². The minimum Gasteiger partial charge on any atom is -0.481 e. The Hall–Kier alpha value is -2.09. The third-order valence-corrected chi connectivity index (χ3v) is 5.56. The van der Waals surface area contributed by atoms with E-state index in [-0.39, 0.29) is 18.4 Å². The van der Waals surface area contributed by atoms with Crippen molar-refractivity contribution in [3.8, 4) is 0 Å². The third kappa shape index (κ3) is 3.17. The Bertz CT molecular complexity index is 608. The first-order valence-electron chi connectivity index (χ1n) is 7.59. The van der Waals surface area contributed by atoms with Crippen molar-refractivity contribution in [2.45, 2.75) is 31.3 Å². The van der Waals surface area contributed by atoms with Gasteiger partial charge in [-0.3, -0.25) is 9.59 Å². The standard InChI is InChI=1S/C15H19N3O4S/c19-12-8-11(13(20)21)15(17-12)3-5-18(6-4-15)14(22)16-9-10-2-1-7-23-10/h1-2,7,11H,3-6,8-9H2,(H,16,22)(H,17,19)(H,20,21)/t11-/m1/s1. The van der Waals surface area contributed by atoms with Gasteiger partial charge in [-0.05, 0) is 24.3 Å². The van der Waals surface area contributed by atoms with Crippen LogP contribution in [0.3, 0.4) is 0 Å². The van der Waals surface area contributed by atoms with Crippen LogP contribution in [0.25, 0.3) is 0 Å². The number of piperidine rings is 1. The molecule has 0 aromatic carbocycles. The molecule has 0 aliphatic carbocycles. The maximum absolute atomic E-state index is 12.2. The summed E-state index contributed by atoms with van der Waals surface area (Å²) >= 11 is 1.58. The molecule has 23 heavy (non-hydrogen) atoms. The monoisotopic (exact) mass is 337 g/mol. The minimum atomic E-state index is -0.945. The minimum absolute atomic E-state index is 0.0277. The van der Waals surface area contributed by atoms with Crippen molar-refractivity contribution < 1.29 is 19.5 Å². The maximum Gasteiger partial charge on any atom is 0.317 e. The number of aliphatic carboxylic acids is 1. The molecule has 7 nitrogen and oxygen atoms in total. The van der Waals surface area contributed by atoms with E-state index in [4.69, 9.17) is 0 Å². The molecule has 2 saturated heterocycles. The molecule has 0 radical (unpaired) electrons. The van der Waals surface area contributed by atoms with Gasteiger partial charge in [-0.1, -0.05) is 6.07 Å². The Labute approximate surface area is 137 Å². The molecule has 2 aliphatic rings. The van der Waals surface area contributed by atoms with Gasteiger partial charge < -0.3 is 20.6 Å². The van der Waals surface area contributed by atoms with Gasteiger partial charge in [-0.15, -0.1) is 11.3 Å². The summed E-state index contributed by atoms with van der Waals surface area (Å²) < 4.78 is 0. The van der Waals surface area contributed by atoms with Crippen molar-refractivity contribution in [3.63, 3.8) is 0 Å². The first-order valence-corrected chi connectivity index (χ1v) is 8.47. The highest BCUT2D eigenvalue weighted by Crippen LogP contribution is 2.36. The fourth-order valence-corrected chi connectivity index (χ4v) is 4.03. The van der Waals surface area contributed by atoms with Crippen LogP contribution in [0.4, 0.5) is 4.79 Å². The van der Waals surface area contributed by atoms with Crippen LogP contribution in [-0.2, 0) is 16.1 Å². The molecule has 1 aromatic heterocycles. The summed E-state index contributed by atoms with van der Waals surface area (Å²) in [6.07, 6.45) is 0.976. The molecule has 3 amide bonds. The normalized spacial score (nSPS) is 22.9. The van der Waals surface area contributed by atoms with Crippen LogP contribution in [-0.4, -0.2) is 46.5 Å². The van der Waals surface area contributed by atoms with Gasteiger partial charge in [0.1, 0.15) is 0 Å². The van der Waals surface area contributed by atoms with Gasteiger partial charge >= 0.3 is 12.0 Å². The third-order valence-electron chi connectivity index (χ3n) is 4.68. The van der Waals surface area contributed by atoms with Crippen LogP contribution in [0.2, 0.25) is 0 Å². The van der Waals surface area contributed by atoms with Crippen LogP contribution >= 0.6 is 11.3 Å². The molecule has 1 aromatic rings. The average Bonchev–Trinajstić information content (AvgIpc) is 3.14. The largest absolute Gasteiger partial charge is 0.481 e. The molecular weight excluding hydrogens is 318 g/mol. The first kappa shape index (κ1) is 15.8. The quantitative estimate of drug-likeness (QED) is 0.767. The number of carbonyl (C=O) groups is 3. The van der Waals surface area contributed by atoms with Crippen molar-refractivity contribution in [1.82, 2.24) is 15.5 Å². The summed E-state index contributed by atoms with van der Waals surface area (Å²) in [4.78, 5) is 38.0. The van der Waals surface area contributed by atoms with Crippen LogP contribution in [0.5, 0.6) is 0 Å². The number of amides is 3. The number of carbonyl (C=O) groups excluding carboxylic acids is 2. The topological polar surface area (TPSA) is 98.7 Å². The van der Waals surface area contributed by atoms with E-state index >= 15 is 0 Å². The fraction of sp³-hybridized carbons (Fsp3) is 0.533. The van der Waals surface area contributed by atoms with E-state index in [1.807, 2.05) is 17.5 Å². The van der Waals surface area contributed by atoms with E-state index in [1.165, 1.54) is 0 Å². The smallest absolute Gasteiger partial charge is 0.317 e. The van der Waals surface area contributed by atoms with Crippen molar-refractivity contribution in [3.05, 3.63) is 22.4 Å². The zero-order valence-electron chi connectivity index (χ0n) is 12.6. The van der Waals surface area contributed by atoms with Crippen molar-refractivity contribution in [1.29, 1.82) is 0 Å². The number of hydrogen-bond donors (Lipinski definition) is 3. The summed E-state index contributed by atoms with van der Waals surface area (Å²) in [6.45, 7) is 1.38. The van der Waals surface area contributed by atoms with E-state index in [9.17, 15) is 19.5 Å². The second-order valence-corrected chi connectivity index (χ2v) is 7.06. The number of rotatable bonds is 3. The van der Waals surface area contributed by atoms with E-state index in [0.717, 1.165) is 4.88 Å². The lowest BCUT2D eigenvalue weighted by atomic mass is 9.78. The Balaban J connectivity index is 1.56. The molecule has 0 saturated carbocycles. The molecule has 3 rings (SSSR count). The molecule has 0 unspecified atom stereocenters. The Morgan fingerprint density at radius 3 is 2.78 bits per heavy atom. The van der Waals surface area contributed by atoms with Gasteiger partial charge in [-0.2, -0.15) is 0 Å². The molecule has 2 aliphatic heterocycles. The number of nitrogens with one attached hydrogen (secondary N) is 2. The molecule has 3 N–H and O–H groups in total. The van der Waals surface area contributed by atoms with Gasteiger partial charge in [0.2, 0.25) is 5.91 Å². The average molecular weight is 337 g/mol. The van der Waals surface area contributed by atoms with Crippen LogP contribution in [0.1, 0.15) is 24.1 Å². The Morgan fingerprint density at radius 1 is 1.43 bits per heavy atom. The predicted molar refractivity (Wildman–Crippen MR) is 84.0 cm³/mol. The summed E-state index contributed by atoms with van der Waals surface area (Å²) in [5.74, 6) is -1.86. The van der Waals surface area contributed by atoms with E-state index < -0.39 is 17.4 Å². The summed E-state index contributed by atoms with van der Waals surface area (Å²) in [5, 5.41) is 17.0. The lowest BCUT2D eigenvalue weighted by molar-refractivity contribution is -0.144. The Morgan fingerprint density at radius 2 is 2.17 bits per heavy atom. The first-order chi connectivity index (χ1) is 11.0. The van der Waals surface area contributed by atoms with Crippen LogP contribution in [0.15, 0.2) is 17.5 Å². The molecule has 1 atom stereocenters. The molecule has 8 heteroatoms. The van der Waals surface area contributed by atoms with Crippen molar-refractivity contribution >= 4 is 29.2 Å². The lowest BCUT2D eigenvalue weighted by Crippen LogP contribution is -2.57. The number of hydrogen-bond acceptors (Lipinski definition) is 4. The molecular formula is C15H19N3O4S. The molecule has 3 heterocycles. The molecule has 1 spiro atoms. The summed E-state index contributed by atoms with van der Waals surface area (Å²) in [7, 11) is 0. The number of thiophene rings is 1. The highest BCUT2D eigenvalue weighted by Gasteiger charge is 2.51. The second-order valence-electron chi connectivity index (χ2n) is 6.02. The highest BCUT2D eigenvalue weighted by molar-refractivity contribution is 7.09. The van der Waals surface area contributed by atoms with Crippen molar-refractivity contribution in [2.24, 2.45) is 5.92 Å². The van der Waals surface area contributed by atoms with Gasteiger partial charge in [0.05, 0.1) is 18.0 Å². The number of urea groups is 1. The van der Waals surface area contributed by atoms with Gasteiger partial charge in [-0.25, -0.2) is 4.79 Å². The summed E-state index contributed by atoms with van der Waals surface area (Å²) in [5.41, 5.74) is -0.701. The second kappa shape index (κ2) is 6.19. The number of carboxylic acid groups (broad SMARTS) is 1. The lowest BCUT2D eigenvalue weighted by Gasteiger charge is -2.41. The van der Waals surface area contributed by atoms with Gasteiger partial charge in [0, 0.05) is 24.4 Å². The molecule has 2 fully saturated rings. The fourth-order valence-electron chi connectivity index (χ4n) is 3.39. The van der Waals surface area contributed by atoms with Crippen LogP contribution < -0.4 is 10.6 Å². The number of nitrogens with zero attached hydrogens (tertiary/aromatic N) is 1. The SMILES string of the molecule is O=C1C[C@H](C(=O)O)C2(CCN(C(=O)NCc3cccs3)CC2)N1. The zero-order valence-corrected chi connectivity index (χ0v) is 13.4. The molecule has 0 bridgehead atoms. The highest BCUT2D eigenvalue weighted by atomic mass is 32.1. The van der Waals surface area contributed by atoms with Gasteiger partial charge in [0.25, 0.3) is 0 Å². The zero-order chi connectivity index (χ0) is 16.4. The van der Waals surface area contributed by atoms with E-state index in [2.05, 4.69) is 10.6 Å². The van der Waals surface area contributed by atoms with Crippen molar-refractivity contribution in [2.75, 3.05) is 13.1 Å². The Kier molecular flexibility index (Phi) is 4.25. The number of likely N-dealkylation sites (tertiary alicyclic amines) is 1. The maximum atomic E-state index is 12.2.